The lowest BCUT2D eigenvalue weighted by atomic mass is 9.79. The van der Waals surface area contributed by atoms with Crippen molar-refractivity contribution in [2.45, 2.75) is 62.9 Å². The second-order valence-corrected chi connectivity index (χ2v) is 6.03. The molecule has 2 fully saturated rings. The monoisotopic (exact) mass is 278 g/mol. The lowest BCUT2D eigenvalue weighted by Crippen LogP contribution is -2.46. The van der Waals surface area contributed by atoms with Crippen molar-refractivity contribution in [3.8, 4) is 0 Å². The molecule has 0 radical (unpaired) electrons. The highest BCUT2D eigenvalue weighted by Gasteiger charge is 2.33. The molecule has 3 rings (SSSR count). The Hall–Kier alpha value is -1.43. The summed E-state index contributed by atoms with van der Waals surface area (Å²) in [4.78, 5) is 16.1. The lowest BCUT2D eigenvalue weighted by molar-refractivity contribution is 0.0937. The first-order valence-corrected chi connectivity index (χ1v) is 7.53. The van der Waals surface area contributed by atoms with Crippen molar-refractivity contribution in [2.75, 3.05) is 7.05 Å². The molecule has 2 N–H and O–H groups in total. The lowest BCUT2D eigenvalue weighted by Gasteiger charge is -2.36. The van der Waals surface area contributed by atoms with Gasteiger partial charge in [-0.15, -0.1) is 0 Å². The van der Waals surface area contributed by atoms with Gasteiger partial charge < -0.3 is 15.2 Å². The summed E-state index contributed by atoms with van der Waals surface area (Å²) in [6.07, 6.45) is 8.80. The minimum absolute atomic E-state index is 0.0506. The SMILES string of the molecule is CNC1(Cc2nc(C(=O)NC3CC3)no2)CCCCC1. The predicted molar refractivity (Wildman–Crippen MR) is 73.4 cm³/mol. The fraction of sp³-hybridized carbons (Fsp3) is 0.786. The van der Waals surface area contributed by atoms with Gasteiger partial charge in [-0.2, -0.15) is 4.98 Å². The molecule has 1 aromatic heterocycles. The second kappa shape index (κ2) is 5.52. The van der Waals surface area contributed by atoms with Gasteiger partial charge in [0, 0.05) is 18.0 Å². The van der Waals surface area contributed by atoms with Crippen molar-refractivity contribution in [1.82, 2.24) is 20.8 Å². The molecule has 6 heteroatoms. The first kappa shape index (κ1) is 13.5. The number of nitrogens with one attached hydrogen (secondary N) is 2. The molecule has 2 aliphatic rings. The van der Waals surface area contributed by atoms with Crippen LogP contribution in [0.5, 0.6) is 0 Å². The first-order chi connectivity index (χ1) is 9.71. The number of aromatic nitrogens is 2. The molecule has 20 heavy (non-hydrogen) atoms. The summed E-state index contributed by atoms with van der Waals surface area (Å²) in [7, 11) is 1.99. The van der Waals surface area contributed by atoms with E-state index in [0.717, 1.165) is 25.7 Å². The largest absolute Gasteiger partial charge is 0.346 e. The summed E-state index contributed by atoms with van der Waals surface area (Å²) in [6.45, 7) is 0. The Morgan fingerprint density at radius 2 is 2.10 bits per heavy atom. The van der Waals surface area contributed by atoms with Crippen LogP contribution in [0.25, 0.3) is 0 Å². The third-order valence-electron chi connectivity index (χ3n) is 4.41. The van der Waals surface area contributed by atoms with Gasteiger partial charge in [0.1, 0.15) is 0 Å². The van der Waals surface area contributed by atoms with Crippen LogP contribution in [0.2, 0.25) is 0 Å². The van der Waals surface area contributed by atoms with E-state index < -0.39 is 0 Å². The first-order valence-electron chi connectivity index (χ1n) is 7.53. The number of hydrogen-bond acceptors (Lipinski definition) is 5. The molecule has 2 aliphatic carbocycles. The summed E-state index contributed by atoms with van der Waals surface area (Å²) in [5.74, 6) is 0.501. The molecule has 0 bridgehead atoms. The molecule has 1 heterocycles. The van der Waals surface area contributed by atoms with Gasteiger partial charge in [0.2, 0.25) is 5.89 Å². The number of nitrogens with zero attached hydrogens (tertiary/aromatic N) is 2. The van der Waals surface area contributed by atoms with Crippen LogP contribution in [0.4, 0.5) is 0 Å². The Kier molecular flexibility index (Phi) is 3.74. The van der Waals surface area contributed by atoms with Crippen LogP contribution < -0.4 is 10.6 Å². The maximum absolute atomic E-state index is 11.8. The van der Waals surface area contributed by atoms with E-state index >= 15 is 0 Å². The summed E-state index contributed by atoms with van der Waals surface area (Å²) in [6, 6.07) is 0.312. The van der Waals surface area contributed by atoms with E-state index in [4.69, 9.17) is 4.52 Å². The molecule has 1 amide bonds. The Bertz CT molecular complexity index is 475. The Labute approximate surface area is 118 Å². The van der Waals surface area contributed by atoms with Crippen LogP contribution in [-0.4, -0.2) is 34.7 Å². The van der Waals surface area contributed by atoms with Gasteiger partial charge in [0.05, 0.1) is 0 Å². The van der Waals surface area contributed by atoms with Crippen molar-refractivity contribution in [1.29, 1.82) is 0 Å². The molecule has 0 aromatic carbocycles. The fourth-order valence-electron chi connectivity index (χ4n) is 2.93. The molecule has 0 spiro atoms. The fourth-order valence-corrected chi connectivity index (χ4v) is 2.93. The average molecular weight is 278 g/mol. The number of carbonyl (C=O) groups excluding carboxylic acids is 1. The topological polar surface area (TPSA) is 80.0 Å². The van der Waals surface area contributed by atoms with E-state index in [0.29, 0.717) is 18.4 Å². The summed E-state index contributed by atoms with van der Waals surface area (Å²) in [5.41, 5.74) is 0.0506. The Morgan fingerprint density at radius 1 is 1.35 bits per heavy atom. The molecule has 6 nitrogen and oxygen atoms in total. The van der Waals surface area contributed by atoms with Crippen LogP contribution in [-0.2, 0) is 6.42 Å². The highest BCUT2D eigenvalue weighted by Crippen LogP contribution is 2.30. The van der Waals surface area contributed by atoms with Crippen LogP contribution in [0.1, 0.15) is 61.5 Å². The second-order valence-electron chi connectivity index (χ2n) is 6.03. The zero-order valence-corrected chi connectivity index (χ0v) is 11.9. The quantitative estimate of drug-likeness (QED) is 0.851. The zero-order chi connectivity index (χ0) is 14.0. The maximum atomic E-state index is 11.8. The van der Waals surface area contributed by atoms with E-state index in [9.17, 15) is 4.79 Å². The van der Waals surface area contributed by atoms with Crippen LogP contribution in [0.15, 0.2) is 4.52 Å². The number of amides is 1. The number of hydrogen-bond donors (Lipinski definition) is 2. The van der Waals surface area contributed by atoms with Crippen molar-refractivity contribution >= 4 is 5.91 Å². The minimum atomic E-state index is -0.218. The number of likely N-dealkylation sites (N-methyl/N-ethyl adjacent to an activating group) is 1. The normalized spacial score (nSPS) is 21.6. The molecule has 110 valence electrons. The number of carbonyl (C=O) groups is 1. The van der Waals surface area contributed by atoms with Gasteiger partial charge in [0.15, 0.2) is 0 Å². The molecule has 0 aliphatic heterocycles. The van der Waals surface area contributed by atoms with E-state index in [1.807, 2.05) is 7.05 Å². The molecular formula is C14H22N4O2. The molecule has 1 aromatic rings. The van der Waals surface area contributed by atoms with Crippen LogP contribution >= 0.6 is 0 Å². The van der Waals surface area contributed by atoms with Crippen LogP contribution in [0, 0.1) is 0 Å². The zero-order valence-electron chi connectivity index (χ0n) is 11.9. The van der Waals surface area contributed by atoms with Crippen molar-refractivity contribution in [3.63, 3.8) is 0 Å². The van der Waals surface area contributed by atoms with Gasteiger partial charge >= 0.3 is 0 Å². The van der Waals surface area contributed by atoms with Gasteiger partial charge in [-0.05, 0) is 32.7 Å². The van der Waals surface area contributed by atoms with Gasteiger partial charge in [-0.1, -0.05) is 24.4 Å². The van der Waals surface area contributed by atoms with Crippen molar-refractivity contribution < 1.29 is 9.32 Å². The van der Waals surface area contributed by atoms with E-state index in [2.05, 4.69) is 20.8 Å². The third-order valence-corrected chi connectivity index (χ3v) is 4.41. The number of rotatable bonds is 5. The van der Waals surface area contributed by atoms with Crippen LogP contribution in [0.3, 0.4) is 0 Å². The van der Waals surface area contributed by atoms with Crippen molar-refractivity contribution in [2.24, 2.45) is 0 Å². The molecule has 0 saturated heterocycles. The molecular weight excluding hydrogens is 256 g/mol. The Morgan fingerprint density at radius 3 is 2.75 bits per heavy atom. The summed E-state index contributed by atoms with van der Waals surface area (Å²) >= 11 is 0. The van der Waals surface area contributed by atoms with Gasteiger partial charge in [0.25, 0.3) is 11.7 Å². The maximum Gasteiger partial charge on any atom is 0.292 e. The average Bonchev–Trinajstić information content (AvgIpc) is 3.16. The highest BCUT2D eigenvalue weighted by molar-refractivity contribution is 5.90. The van der Waals surface area contributed by atoms with Crippen molar-refractivity contribution in [3.05, 3.63) is 11.7 Å². The molecule has 0 unspecified atom stereocenters. The molecule has 2 saturated carbocycles. The molecule has 0 atom stereocenters. The Balaban J connectivity index is 1.64. The summed E-state index contributed by atoms with van der Waals surface area (Å²) < 4.78 is 5.26. The smallest absolute Gasteiger partial charge is 0.292 e. The van der Waals surface area contributed by atoms with E-state index in [-0.39, 0.29) is 17.3 Å². The van der Waals surface area contributed by atoms with Gasteiger partial charge in [-0.25, -0.2) is 0 Å². The standard InChI is InChI=1S/C14H22N4O2/c1-15-14(7-3-2-4-8-14)9-11-17-12(18-20-11)13(19)16-10-5-6-10/h10,15H,2-9H2,1H3,(H,16,19). The van der Waals surface area contributed by atoms with Gasteiger partial charge in [-0.3, -0.25) is 4.79 Å². The third kappa shape index (κ3) is 3.00. The van der Waals surface area contributed by atoms with E-state index in [1.165, 1.54) is 19.3 Å². The summed E-state index contributed by atoms with van der Waals surface area (Å²) in [5, 5.41) is 10.1. The van der Waals surface area contributed by atoms with E-state index in [1.54, 1.807) is 0 Å². The predicted octanol–water partition coefficient (Wildman–Crippen LogP) is 1.43. The highest BCUT2D eigenvalue weighted by atomic mass is 16.5. The minimum Gasteiger partial charge on any atom is -0.346 e.